The van der Waals surface area contributed by atoms with Crippen LogP contribution in [0.25, 0.3) is 0 Å². The molecule has 2 heterocycles. The summed E-state index contributed by atoms with van der Waals surface area (Å²) in [6.07, 6.45) is 3.80. The molecule has 22 heavy (non-hydrogen) atoms. The molecule has 1 amide bonds. The second kappa shape index (κ2) is 7.04. The predicted molar refractivity (Wildman–Crippen MR) is 93.4 cm³/mol. The van der Waals surface area contributed by atoms with Gasteiger partial charge in [0.05, 0.1) is 6.04 Å². The number of carbonyl (C=O) groups excluding carboxylic acids is 1. The lowest BCUT2D eigenvalue weighted by atomic mass is 10.0. The van der Waals surface area contributed by atoms with Gasteiger partial charge in [-0.25, -0.2) is 0 Å². The molecule has 1 N–H and O–H groups in total. The van der Waals surface area contributed by atoms with Crippen molar-refractivity contribution in [2.24, 2.45) is 7.05 Å². The molecule has 1 aromatic rings. The van der Waals surface area contributed by atoms with Gasteiger partial charge in [0.2, 0.25) is 5.91 Å². The summed E-state index contributed by atoms with van der Waals surface area (Å²) in [6, 6.07) is 2.13. The number of hydrogen-bond donors (Lipinski definition) is 1. The third-order valence-electron chi connectivity index (χ3n) is 3.67. The van der Waals surface area contributed by atoms with Crippen LogP contribution in [0.2, 0.25) is 0 Å². The Bertz CT molecular complexity index is 508. The van der Waals surface area contributed by atoms with Gasteiger partial charge in [0, 0.05) is 42.4 Å². The number of anilines is 1. The van der Waals surface area contributed by atoms with E-state index in [1.165, 1.54) is 0 Å². The fourth-order valence-electron chi connectivity index (χ4n) is 2.57. The molecule has 0 radical (unpaired) electrons. The van der Waals surface area contributed by atoms with Crippen molar-refractivity contribution in [1.82, 2.24) is 15.1 Å². The second-order valence-corrected chi connectivity index (χ2v) is 8.87. The number of hydrogen-bond acceptors (Lipinski definition) is 4. The zero-order chi connectivity index (χ0) is 16.3. The quantitative estimate of drug-likeness (QED) is 0.904. The SMILES string of the molecule is C[C@H](CSC(C)(C)C)N[C@H]1CCCN(c2ccn(C)n2)C1=O. The largest absolute Gasteiger partial charge is 0.303 e. The fraction of sp³-hybridized carbons (Fsp3) is 0.750. The molecule has 1 aliphatic rings. The van der Waals surface area contributed by atoms with Crippen LogP contribution >= 0.6 is 11.8 Å². The Morgan fingerprint density at radius 1 is 1.50 bits per heavy atom. The molecule has 0 unspecified atom stereocenters. The van der Waals surface area contributed by atoms with Gasteiger partial charge in [0.25, 0.3) is 0 Å². The molecule has 0 bridgehead atoms. The normalized spacial score (nSPS) is 21.2. The molecule has 1 aliphatic heterocycles. The third-order valence-corrected chi connectivity index (χ3v) is 5.20. The number of nitrogens with zero attached hydrogens (tertiary/aromatic N) is 3. The van der Waals surface area contributed by atoms with Gasteiger partial charge < -0.3 is 5.32 Å². The van der Waals surface area contributed by atoms with E-state index < -0.39 is 0 Å². The van der Waals surface area contributed by atoms with Crippen LogP contribution in [0.3, 0.4) is 0 Å². The Kier molecular flexibility index (Phi) is 5.55. The number of piperidine rings is 1. The lowest BCUT2D eigenvalue weighted by Crippen LogP contribution is -2.53. The van der Waals surface area contributed by atoms with E-state index in [1.54, 1.807) is 4.68 Å². The minimum Gasteiger partial charge on any atom is -0.303 e. The van der Waals surface area contributed by atoms with Crippen LogP contribution in [0, 0.1) is 0 Å². The van der Waals surface area contributed by atoms with Crippen molar-refractivity contribution in [1.29, 1.82) is 0 Å². The van der Waals surface area contributed by atoms with Crippen molar-refractivity contribution in [3.8, 4) is 0 Å². The summed E-state index contributed by atoms with van der Waals surface area (Å²) >= 11 is 1.93. The first-order chi connectivity index (χ1) is 10.3. The molecule has 2 atom stereocenters. The van der Waals surface area contributed by atoms with Gasteiger partial charge in [-0.2, -0.15) is 16.9 Å². The van der Waals surface area contributed by atoms with Crippen molar-refractivity contribution >= 4 is 23.5 Å². The van der Waals surface area contributed by atoms with Crippen molar-refractivity contribution in [3.05, 3.63) is 12.3 Å². The molecule has 1 saturated heterocycles. The molecule has 2 rings (SSSR count). The van der Waals surface area contributed by atoms with Crippen LogP contribution in [-0.2, 0) is 11.8 Å². The van der Waals surface area contributed by atoms with E-state index in [0.29, 0.717) is 6.04 Å². The van der Waals surface area contributed by atoms with Crippen LogP contribution in [0.5, 0.6) is 0 Å². The maximum absolute atomic E-state index is 12.7. The summed E-state index contributed by atoms with van der Waals surface area (Å²) in [6.45, 7) is 9.59. The number of thioether (sulfide) groups is 1. The highest BCUT2D eigenvalue weighted by molar-refractivity contribution is 8.00. The lowest BCUT2D eigenvalue weighted by molar-refractivity contribution is -0.122. The van der Waals surface area contributed by atoms with Gasteiger partial charge in [0.15, 0.2) is 5.82 Å². The number of carbonyl (C=O) groups is 1. The summed E-state index contributed by atoms with van der Waals surface area (Å²) in [7, 11) is 1.87. The van der Waals surface area contributed by atoms with E-state index in [4.69, 9.17) is 0 Å². The molecule has 5 nitrogen and oxygen atoms in total. The first-order valence-corrected chi connectivity index (χ1v) is 8.96. The van der Waals surface area contributed by atoms with Crippen molar-refractivity contribution in [2.45, 2.75) is 57.4 Å². The monoisotopic (exact) mass is 324 g/mol. The van der Waals surface area contributed by atoms with Crippen LogP contribution in [0.15, 0.2) is 12.3 Å². The van der Waals surface area contributed by atoms with Crippen molar-refractivity contribution < 1.29 is 4.79 Å². The minimum atomic E-state index is -0.0914. The topological polar surface area (TPSA) is 50.2 Å². The van der Waals surface area contributed by atoms with E-state index in [1.807, 2.05) is 36.0 Å². The van der Waals surface area contributed by atoms with E-state index in [0.717, 1.165) is 31.0 Å². The highest BCUT2D eigenvalue weighted by Crippen LogP contribution is 2.24. The molecular weight excluding hydrogens is 296 g/mol. The van der Waals surface area contributed by atoms with Gasteiger partial charge in [-0.3, -0.25) is 14.4 Å². The number of rotatable bonds is 5. The fourth-order valence-corrected chi connectivity index (χ4v) is 3.42. The van der Waals surface area contributed by atoms with E-state index in [-0.39, 0.29) is 16.7 Å². The minimum absolute atomic E-state index is 0.0914. The Labute approximate surface area is 137 Å². The first-order valence-electron chi connectivity index (χ1n) is 7.97. The number of aromatic nitrogens is 2. The maximum Gasteiger partial charge on any atom is 0.245 e. The highest BCUT2D eigenvalue weighted by atomic mass is 32.2. The number of amides is 1. The Morgan fingerprint density at radius 3 is 2.82 bits per heavy atom. The Hall–Kier alpha value is -1.01. The molecule has 0 aliphatic carbocycles. The Balaban J connectivity index is 1.92. The molecule has 1 aromatic heterocycles. The average molecular weight is 324 g/mol. The number of nitrogens with one attached hydrogen (secondary N) is 1. The summed E-state index contributed by atoms with van der Waals surface area (Å²) in [5.74, 6) is 1.92. The second-order valence-electron chi connectivity index (χ2n) is 7.02. The summed E-state index contributed by atoms with van der Waals surface area (Å²) < 4.78 is 1.99. The molecule has 0 saturated carbocycles. The highest BCUT2D eigenvalue weighted by Gasteiger charge is 2.31. The molecule has 6 heteroatoms. The van der Waals surface area contributed by atoms with Crippen LogP contribution in [0.1, 0.15) is 40.5 Å². The summed E-state index contributed by atoms with van der Waals surface area (Å²) in [5.41, 5.74) is 0. The van der Waals surface area contributed by atoms with E-state index >= 15 is 0 Å². The zero-order valence-corrected chi connectivity index (χ0v) is 15.1. The van der Waals surface area contributed by atoms with E-state index in [9.17, 15) is 4.79 Å². The van der Waals surface area contributed by atoms with Crippen molar-refractivity contribution in [2.75, 3.05) is 17.2 Å². The van der Waals surface area contributed by atoms with Gasteiger partial charge in [-0.1, -0.05) is 20.8 Å². The van der Waals surface area contributed by atoms with Gasteiger partial charge >= 0.3 is 0 Å². The smallest absolute Gasteiger partial charge is 0.245 e. The zero-order valence-electron chi connectivity index (χ0n) is 14.3. The van der Waals surface area contributed by atoms with Gasteiger partial charge in [-0.15, -0.1) is 0 Å². The third kappa shape index (κ3) is 4.74. The van der Waals surface area contributed by atoms with E-state index in [2.05, 4.69) is 38.1 Å². The van der Waals surface area contributed by atoms with Gasteiger partial charge in [-0.05, 0) is 19.8 Å². The Morgan fingerprint density at radius 2 is 2.23 bits per heavy atom. The molecule has 0 aromatic carbocycles. The van der Waals surface area contributed by atoms with Crippen LogP contribution in [0.4, 0.5) is 5.82 Å². The summed E-state index contributed by atoms with van der Waals surface area (Å²) in [4.78, 5) is 14.5. The van der Waals surface area contributed by atoms with Crippen LogP contribution < -0.4 is 10.2 Å². The molecule has 0 spiro atoms. The maximum atomic E-state index is 12.7. The van der Waals surface area contributed by atoms with Crippen molar-refractivity contribution in [3.63, 3.8) is 0 Å². The molecular formula is C16H28N4OS. The average Bonchev–Trinajstić information content (AvgIpc) is 2.84. The first kappa shape index (κ1) is 17.3. The summed E-state index contributed by atoms with van der Waals surface area (Å²) in [5, 5.41) is 7.86. The number of aryl methyl sites for hydroxylation is 1. The lowest BCUT2D eigenvalue weighted by Gasteiger charge is -2.33. The van der Waals surface area contributed by atoms with Gasteiger partial charge in [0.1, 0.15) is 0 Å². The molecule has 1 fully saturated rings. The standard InChI is InChI=1S/C16H28N4OS/c1-12(11-22-16(2,3)4)17-13-7-6-9-20(15(13)21)14-8-10-19(5)18-14/h8,10,12-13,17H,6-7,9,11H2,1-5H3/t12-,13+/m1/s1. The van der Waals surface area contributed by atoms with Crippen LogP contribution in [-0.4, -0.2) is 44.8 Å². The molecule has 124 valence electrons. The predicted octanol–water partition coefficient (Wildman–Crippen LogP) is 2.43.